The zero-order valence-corrected chi connectivity index (χ0v) is 14.4. The van der Waals surface area contributed by atoms with Crippen molar-refractivity contribution in [3.05, 3.63) is 59.4 Å². The maximum Gasteiger partial charge on any atom is 0.242 e. The second-order valence-electron chi connectivity index (χ2n) is 5.55. The Bertz CT molecular complexity index is 828. The Morgan fingerprint density at radius 2 is 1.58 bits per heavy atom. The van der Waals surface area contributed by atoms with E-state index in [-0.39, 0.29) is 4.90 Å². The van der Waals surface area contributed by atoms with E-state index in [4.69, 9.17) is 0 Å². The first kappa shape index (κ1) is 18.1. The van der Waals surface area contributed by atoms with Gasteiger partial charge in [0.15, 0.2) is 0 Å². The number of hydrogen-bond donors (Lipinski definition) is 2. The van der Waals surface area contributed by atoms with Gasteiger partial charge in [-0.1, -0.05) is 18.2 Å². The minimum Gasteiger partial charge on any atom is -0.324 e. The van der Waals surface area contributed by atoms with Crippen molar-refractivity contribution >= 4 is 21.6 Å². The summed E-state index contributed by atoms with van der Waals surface area (Å²) >= 11 is 0. The van der Waals surface area contributed by atoms with Crippen LogP contribution in [-0.2, 0) is 14.8 Å². The van der Waals surface area contributed by atoms with E-state index in [9.17, 15) is 17.6 Å². The van der Waals surface area contributed by atoms with Gasteiger partial charge in [-0.05, 0) is 56.2 Å². The van der Waals surface area contributed by atoms with E-state index in [1.807, 2.05) is 32.0 Å². The van der Waals surface area contributed by atoms with E-state index in [0.717, 1.165) is 35.4 Å². The number of halogens is 1. The van der Waals surface area contributed by atoms with Gasteiger partial charge in [-0.15, -0.1) is 0 Å². The average molecular weight is 350 g/mol. The Balaban J connectivity index is 2.12. The van der Waals surface area contributed by atoms with Gasteiger partial charge in [-0.2, -0.15) is 4.72 Å². The van der Waals surface area contributed by atoms with E-state index in [1.54, 1.807) is 0 Å². The highest BCUT2D eigenvalue weighted by atomic mass is 32.2. The number of benzene rings is 2. The van der Waals surface area contributed by atoms with Gasteiger partial charge >= 0.3 is 0 Å². The molecule has 0 saturated carbocycles. The van der Waals surface area contributed by atoms with Crippen molar-refractivity contribution in [1.29, 1.82) is 0 Å². The fourth-order valence-electron chi connectivity index (χ4n) is 2.21. The summed E-state index contributed by atoms with van der Waals surface area (Å²) in [6.45, 7) is 5.16. The highest BCUT2D eigenvalue weighted by molar-refractivity contribution is 7.89. The van der Waals surface area contributed by atoms with Gasteiger partial charge in [-0.25, -0.2) is 12.8 Å². The third-order valence-electron chi connectivity index (χ3n) is 3.58. The molecule has 0 aliphatic heterocycles. The quantitative estimate of drug-likeness (QED) is 0.871. The number of aryl methyl sites for hydroxylation is 2. The molecule has 1 amide bonds. The molecule has 0 saturated heterocycles. The molecule has 128 valence electrons. The molecule has 0 fully saturated rings. The van der Waals surface area contributed by atoms with Crippen LogP contribution in [0.25, 0.3) is 0 Å². The average Bonchev–Trinajstić information content (AvgIpc) is 2.51. The summed E-state index contributed by atoms with van der Waals surface area (Å²) in [7, 11) is -3.91. The zero-order valence-electron chi connectivity index (χ0n) is 13.6. The van der Waals surface area contributed by atoms with Gasteiger partial charge < -0.3 is 5.32 Å². The second kappa shape index (κ2) is 7.11. The van der Waals surface area contributed by atoms with E-state index < -0.39 is 27.8 Å². The maximum absolute atomic E-state index is 12.9. The van der Waals surface area contributed by atoms with Crippen molar-refractivity contribution in [1.82, 2.24) is 4.72 Å². The topological polar surface area (TPSA) is 75.3 Å². The third kappa shape index (κ3) is 4.18. The number of amides is 1. The number of para-hydroxylation sites is 1. The molecule has 0 heterocycles. The molecule has 0 unspecified atom stereocenters. The van der Waals surface area contributed by atoms with Gasteiger partial charge in [-0.3, -0.25) is 4.79 Å². The van der Waals surface area contributed by atoms with Crippen LogP contribution in [0.2, 0.25) is 0 Å². The molecule has 0 bridgehead atoms. The van der Waals surface area contributed by atoms with Gasteiger partial charge in [0.25, 0.3) is 0 Å². The van der Waals surface area contributed by atoms with E-state index >= 15 is 0 Å². The number of hydrogen-bond acceptors (Lipinski definition) is 3. The van der Waals surface area contributed by atoms with Crippen molar-refractivity contribution in [3.8, 4) is 0 Å². The maximum atomic E-state index is 12.9. The van der Waals surface area contributed by atoms with Crippen LogP contribution in [0, 0.1) is 19.7 Å². The molecule has 0 aromatic heterocycles. The Hall–Kier alpha value is -2.25. The van der Waals surface area contributed by atoms with Crippen molar-refractivity contribution in [3.63, 3.8) is 0 Å². The number of sulfonamides is 1. The monoisotopic (exact) mass is 350 g/mol. The zero-order chi connectivity index (χ0) is 17.9. The van der Waals surface area contributed by atoms with Gasteiger partial charge in [0.2, 0.25) is 15.9 Å². The lowest BCUT2D eigenvalue weighted by molar-refractivity contribution is -0.117. The molecule has 0 radical (unpaired) electrons. The fourth-order valence-corrected chi connectivity index (χ4v) is 3.41. The van der Waals surface area contributed by atoms with Crippen molar-refractivity contribution in [2.45, 2.75) is 31.7 Å². The van der Waals surface area contributed by atoms with Gasteiger partial charge in [0.1, 0.15) is 5.82 Å². The lowest BCUT2D eigenvalue weighted by atomic mass is 10.1. The summed E-state index contributed by atoms with van der Waals surface area (Å²) in [6, 6.07) is 9.00. The third-order valence-corrected chi connectivity index (χ3v) is 5.14. The van der Waals surface area contributed by atoms with Crippen LogP contribution in [0.15, 0.2) is 47.4 Å². The summed E-state index contributed by atoms with van der Waals surface area (Å²) in [5.41, 5.74) is 2.43. The Kier molecular flexibility index (Phi) is 5.36. The summed E-state index contributed by atoms with van der Waals surface area (Å²) in [4.78, 5) is 12.2. The molecular weight excluding hydrogens is 331 g/mol. The lowest BCUT2D eigenvalue weighted by Gasteiger charge is -2.17. The molecule has 0 spiro atoms. The molecule has 2 N–H and O–H groups in total. The predicted octanol–water partition coefficient (Wildman–Crippen LogP) is 2.75. The Labute approximate surface area is 141 Å². The molecule has 5 nitrogen and oxygen atoms in total. The van der Waals surface area contributed by atoms with Gasteiger partial charge in [0, 0.05) is 5.69 Å². The van der Waals surface area contributed by atoms with Gasteiger partial charge in [0.05, 0.1) is 10.9 Å². The van der Waals surface area contributed by atoms with Crippen molar-refractivity contribution in [2.24, 2.45) is 0 Å². The first-order chi connectivity index (χ1) is 11.2. The SMILES string of the molecule is Cc1cccc(C)c1NC(=O)[C@H](C)NS(=O)(=O)c1ccc(F)cc1. The molecule has 2 aromatic carbocycles. The standard InChI is InChI=1S/C17H19FN2O3S/c1-11-5-4-6-12(2)16(11)19-17(21)13(3)20-24(22,23)15-9-7-14(18)8-10-15/h4-10,13,20H,1-3H3,(H,19,21)/t13-/m0/s1. The molecule has 0 aliphatic carbocycles. The summed E-state index contributed by atoms with van der Waals surface area (Å²) in [5, 5.41) is 2.74. The van der Waals surface area contributed by atoms with E-state index in [1.165, 1.54) is 6.92 Å². The number of anilines is 1. The van der Waals surface area contributed by atoms with Crippen LogP contribution in [0.4, 0.5) is 10.1 Å². The van der Waals surface area contributed by atoms with Crippen LogP contribution in [0.1, 0.15) is 18.1 Å². The summed E-state index contributed by atoms with van der Waals surface area (Å²) < 4.78 is 39.7. The first-order valence-corrected chi connectivity index (χ1v) is 8.84. The Morgan fingerprint density at radius 3 is 2.12 bits per heavy atom. The minimum atomic E-state index is -3.91. The summed E-state index contributed by atoms with van der Waals surface area (Å²) in [5.74, 6) is -1.01. The summed E-state index contributed by atoms with van der Waals surface area (Å²) in [6.07, 6.45) is 0. The largest absolute Gasteiger partial charge is 0.324 e. The molecule has 7 heteroatoms. The van der Waals surface area contributed by atoms with Crippen LogP contribution in [0.5, 0.6) is 0 Å². The first-order valence-electron chi connectivity index (χ1n) is 7.35. The van der Waals surface area contributed by atoms with Crippen molar-refractivity contribution in [2.75, 3.05) is 5.32 Å². The molecule has 1 atom stereocenters. The van der Waals surface area contributed by atoms with Crippen molar-refractivity contribution < 1.29 is 17.6 Å². The smallest absolute Gasteiger partial charge is 0.242 e. The van der Waals surface area contributed by atoms with E-state index in [2.05, 4.69) is 10.0 Å². The van der Waals surface area contributed by atoms with E-state index in [0.29, 0.717) is 5.69 Å². The molecular formula is C17H19FN2O3S. The normalized spacial score (nSPS) is 12.7. The number of carbonyl (C=O) groups is 1. The number of rotatable bonds is 5. The van der Waals surface area contributed by atoms with Crippen LogP contribution < -0.4 is 10.0 Å². The fraction of sp³-hybridized carbons (Fsp3) is 0.235. The van der Waals surface area contributed by atoms with Crippen LogP contribution in [0.3, 0.4) is 0 Å². The molecule has 24 heavy (non-hydrogen) atoms. The Morgan fingerprint density at radius 1 is 1.04 bits per heavy atom. The molecule has 2 aromatic rings. The highest BCUT2D eigenvalue weighted by Gasteiger charge is 2.22. The number of nitrogens with one attached hydrogen (secondary N) is 2. The minimum absolute atomic E-state index is 0.101. The highest BCUT2D eigenvalue weighted by Crippen LogP contribution is 2.19. The second-order valence-corrected chi connectivity index (χ2v) is 7.27. The van der Waals surface area contributed by atoms with Crippen LogP contribution >= 0.6 is 0 Å². The molecule has 0 aliphatic rings. The molecule has 2 rings (SSSR count). The predicted molar refractivity (Wildman–Crippen MR) is 90.7 cm³/mol. The number of carbonyl (C=O) groups excluding carboxylic acids is 1. The van der Waals surface area contributed by atoms with Crippen LogP contribution in [-0.4, -0.2) is 20.4 Å². The lowest BCUT2D eigenvalue weighted by Crippen LogP contribution is -2.41.